The fourth-order valence-electron chi connectivity index (χ4n) is 0.916. The summed E-state index contributed by atoms with van der Waals surface area (Å²) < 4.78 is 25.6. The highest BCUT2D eigenvalue weighted by atomic mass is 19.2. The van der Waals surface area contributed by atoms with Crippen LogP contribution in [0.1, 0.15) is 11.1 Å². The van der Waals surface area contributed by atoms with E-state index in [4.69, 9.17) is 5.73 Å². The largest absolute Gasteiger partial charge is 0.359 e. The number of amides is 1. The Morgan fingerprint density at radius 1 is 1.43 bits per heavy atom. The number of carbonyl (C=O) groups is 1. The molecule has 0 spiro atoms. The maximum Gasteiger partial charge on any atom is 0.293 e. The van der Waals surface area contributed by atoms with E-state index < -0.39 is 17.5 Å². The van der Waals surface area contributed by atoms with Crippen LogP contribution in [0.3, 0.4) is 0 Å². The molecule has 0 atom stereocenters. The van der Waals surface area contributed by atoms with Crippen molar-refractivity contribution in [2.75, 3.05) is 0 Å². The van der Waals surface area contributed by atoms with E-state index in [9.17, 15) is 13.6 Å². The summed E-state index contributed by atoms with van der Waals surface area (Å²) >= 11 is 0. The van der Waals surface area contributed by atoms with Gasteiger partial charge < -0.3 is 5.73 Å². The number of nitrogens with two attached hydrogens (primary N) is 1. The number of hydrogen-bond acceptors (Lipinski definition) is 1. The number of carbonyl (C=O) groups excluding carboxylic acids is 1. The number of hydrogen-bond donors (Lipinski definition) is 1. The molecule has 0 aliphatic carbocycles. The van der Waals surface area contributed by atoms with Gasteiger partial charge in [-0.15, -0.1) is 0 Å². The van der Waals surface area contributed by atoms with Crippen molar-refractivity contribution in [1.29, 1.82) is 0 Å². The highest BCUT2D eigenvalue weighted by Crippen LogP contribution is 2.14. The van der Waals surface area contributed by atoms with Crippen LogP contribution in [0.15, 0.2) is 12.1 Å². The minimum atomic E-state index is -0.957. The predicted octanol–water partition coefficient (Wildman–Crippen LogP) is 1.11. The Balaban J connectivity index is 3.20. The summed E-state index contributed by atoms with van der Waals surface area (Å²) in [5.74, 6) is 1.69. The molecule has 1 aromatic rings. The number of primary amides is 1. The van der Waals surface area contributed by atoms with Gasteiger partial charge in [-0.2, -0.15) is 0 Å². The van der Waals surface area contributed by atoms with Gasteiger partial charge in [0.15, 0.2) is 11.6 Å². The molecule has 0 aromatic heterocycles. The number of rotatable bonds is 0. The third-order valence-corrected chi connectivity index (χ3v) is 1.66. The van der Waals surface area contributed by atoms with Gasteiger partial charge in [0.05, 0.1) is 0 Å². The van der Waals surface area contributed by atoms with Crippen molar-refractivity contribution in [2.45, 2.75) is 6.92 Å². The molecule has 4 heteroatoms. The van der Waals surface area contributed by atoms with Crippen molar-refractivity contribution in [3.05, 3.63) is 34.9 Å². The molecule has 72 valence electrons. The van der Waals surface area contributed by atoms with E-state index >= 15 is 0 Å². The van der Waals surface area contributed by atoms with Crippen molar-refractivity contribution < 1.29 is 13.6 Å². The Hall–Kier alpha value is -1.89. The quantitative estimate of drug-likeness (QED) is 0.619. The fourth-order valence-corrected chi connectivity index (χ4v) is 0.916. The summed E-state index contributed by atoms with van der Waals surface area (Å²) in [7, 11) is 0. The first-order valence-corrected chi connectivity index (χ1v) is 3.78. The smallest absolute Gasteiger partial charge is 0.293 e. The molecular weight excluding hydrogens is 188 g/mol. The van der Waals surface area contributed by atoms with Crippen LogP contribution in [0.25, 0.3) is 0 Å². The van der Waals surface area contributed by atoms with Gasteiger partial charge in [-0.3, -0.25) is 4.79 Å². The summed E-state index contributed by atoms with van der Waals surface area (Å²) in [5, 5.41) is 0. The third-order valence-electron chi connectivity index (χ3n) is 1.66. The monoisotopic (exact) mass is 195 g/mol. The van der Waals surface area contributed by atoms with Crippen LogP contribution in [0, 0.1) is 30.4 Å². The Kier molecular flexibility index (Phi) is 2.82. The van der Waals surface area contributed by atoms with Gasteiger partial charge in [-0.25, -0.2) is 8.78 Å². The molecular formula is C10H7F2NO. The highest BCUT2D eigenvalue weighted by molar-refractivity contribution is 5.92. The minimum Gasteiger partial charge on any atom is -0.359 e. The van der Waals surface area contributed by atoms with E-state index in [-0.39, 0.29) is 11.1 Å². The van der Waals surface area contributed by atoms with Gasteiger partial charge in [0.25, 0.3) is 5.91 Å². The molecule has 0 aliphatic rings. The molecule has 0 saturated carbocycles. The molecule has 0 heterocycles. The van der Waals surface area contributed by atoms with Gasteiger partial charge in [0.2, 0.25) is 0 Å². The molecule has 2 N–H and O–H groups in total. The SMILES string of the molecule is Cc1c(C#CC(N)=O)ccc(F)c1F. The normalized spacial score (nSPS) is 9.07. The Labute approximate surface area is 79.7 Å². The van der Waals surface area contributed by atoms with E-state index in [0.29, 0.717) is 0 Å². The van der Waals surface area contributed by atoms with Crippen molar-refractivity contribution in [2.24, 2.45) is 5.73 Å². The van der Waals surface area contributed by atoms with Gasteiger partial charge in [-0.1, -0.05) is 5.92 Å². The summed E-state index contributed by atoms with van der Waals surface area (Å²) in [6.45, 7) is 1.38. The van der Waals surface area contributed by atoms with Crippen molar-refractivity contribution in [3.8, 4) is 11.8 Å². The van der Waals surface area contributed by atoms with Crippen LogP contribution in [-0.4, -0.2) is 5.91 Å². The second-order valence-electron chi connectivity index (χ2n) is 2.65. The third kappa shape index (κ3) is 2.07. The molecule has 0 fully saturated rings. The average molecular weight is 195 g/mol. The molecule has 0 radical (unpaired) electrons. The Morgan fingerprint density at radius 2 is 2.07 bits per heavy atom. The summed E-state index contributed by atoms with van der Waals surface area (Å²) in [6.07, 6.45) is 0. The van der Waals surface area contributed by atoms with Gasteiger partial charge >= 0.3 is 0 Å². The molecule has 1 rings (SSSR count). The summed E-state index contributed by atoms with van der Waals surface area (Å²) in [5.41, 5.74) is 5.10. The van der Waals surface area contributed by atoms with Gasteiger partial charge in [0.1, 0.15) is 0 Å². The van der Waals surface area contributed by atoms with Gasteiger partial charge in [-0.05, 0) is 25.0 Å². The van der Waals surface area contributed by atoms with E-state index in [1.807, 2.05) is 5.92 Å². The average Bonchev–Trinajstić information content (AvgIpc) is 2.13. The molecule has 1 amide bonds. The molecule has 0 bridgehead atoms. The lowest BCUT2D eigenvalue weighted by atomic mass is 10.1. The first kappa shape index (κ1) is 10.2. The van der Waals surface area contributed by atoms with Crippen LogP contribution < -0.4 is 5.73 Å². The second kappa shape index (κ2) is 3.88. The van der Waals surface area contributed by atoms with E-state index in [2.05, 4.69) is 5.92 Å². The lowest BCUT2D eigenvalue weighted by Gasteiger charge is -1.99. The highest BCUT2D eigenvalue weighted by Gasteiger charge is 2.07. The lowest BCUT2D eigenvalue weighted by molar-refractivity contribution is -0.112. The summed E-state index contributed by atoms with van der Waals surface area (Å²) in [6, 6.07) is 2.25. The van der Waals surface area contributed by atoms with E-state index in [0.717, 1.165) is 6.07 Å². The zero-order chi connectivity index (χ0) is 10.7. The van der Waals surface area contributed by atoms with E-state index in [1.54, 1.807) is 0 Å². The molecule has 2 nitrogen and oxygen atoms in total. The first-order chi connectivity index (χ1) is 6.52. The Morgan fingerprint density at radius 3 is 2.64 bits per heavy atom. The zero-order valence-electron chi connectivity index (χ0n) is 7.40. The van der Waals surface area contributed by atoms with E-state index in [1.165, 1.54) is 13.0 Å². The van der Waals surface area contributed by atoms with Crippen LogP contribution >= 0.6 is 0 Å². The van der Waals surface area contributed by atoms with Crippen LogP contribution in [0.5, 0.6) is 0 Å². The Bertz CT molecular complexity index is 443. The predicted molar refractivity (Wildman–Crippen MR) is 47.2 cm³/mol. The second-order valence-corrected chi connectivity index (χ2v) is 2.65. The molecule has 0 saturated heterocycles. The standard InChI is InChI=1S/C10H7F2NO/c1-6-7(3-5-9(13)14)2-4-8(11)10(6)12/h2,4H,1H3,(H2,13,14). The molecule has 14 heavy (non-hydrogen) atoms. The number of benzene rings is 1. The van der Waals surface area contributed by atoms with Crippen LogP contribution in [0.2, 0.25) is 0 Å². The molecule has 1 aromatic carbocycles. The molecule has 0 aliphatic heterocycles. The van der Waals surface area contributed by atoms with Crippen molar-refractivity contribution >= 4 is 5.91 Å². The van der Waals surface area contributed by atoms with Crippen LogP contribution in [0.4, 0.5) is 8.78 Å². The summed E-state index contributed by atoms with van der Waals surface area (Å²) in [4.78, 5) is 10.3. The fraction of sp³-hybridized carbons (Fsp3) is 0.100. The topological polar surface area (TPSA) is 43.1 Å². The maximum absolute atomic E-state index is 13.0. The first-order valence-electron chi connectivity index (χ1n) is 3.78. The lowest BCUT2D eigenvalue weighted by Crippen LogP contribution is -2.06. The van der Waals surface area contributed by atoms with Gasteiger partial charge in [0, 0.05) is 11.1 Å². The minimum absolute atomic E-state index is 0.0683. The van der Waals surface area contributed by atoms with Crippen molar-refractivity contribution in [1.82, 2.24) is 0 Å². The maximum atomic E-state index is 13.0. The van der Waals surface area contributed by atoms with Crippen molar-refractivity contribution in [3.63, 3.8) is 0 Å². The zero-order valence-corrected chi connectivity index (χ0v) is 7.40. The number of halogens is 2. The van der Waals surface area contributed by atoms with Crippen LogP contribution in [-0.2, 0) is 4.79 Å². The molecule has 0 unspecified atom stereocenters.